The average Bonchev–Trinajstić information content (AvgIpc) is 3.03. The Morgan fingerprint density at radius 1 is 1.45 bits per heavy atom. The quantitative estimate of drug-likeness (QED) is 0.770. The van der Waals surface area contributed by atoms with Crippen LogP contribution in [0.25, 0.3) is 21.7 Å². The highest BCUT2D eigenvalue weighted by Gasteiger charge is 2.14. The summed E-state index contributed by atoms with van der Waals surface area (Å²) in [6.45, 7) is 2.08. The molecule has 0 amide bonds. The Kier molecular flexibility index (Phi) is 3.19. The van der Waals surface area contributed by atoms with Gasteiger partial charge in [-0.2, -0.15) is 0 Å². The van der Waals surface area contributed by atoms with Gasteiger partial charge in [-0.05, 0) is 36.2 Å². The van der Waals surface area contributed by atoms with Crippen LogP contribution in [0.5, 0.6) is 0 Å². The molecule has 0 aliphatic carbocycles. The summed E-state index contributed by atoms with van der Waals surface area (Å²) >= 11 is 1.30. The fourth-order valence-corrected chi connectivity index (χ4v) is 2.69. The number of carboxylic acid groups (broad SMARTS) is 1. The lowest BCUT2D eigenvalue weighted by Gasteiger charge is -1.94. The standard InChI is InChI=1S/C13H12N4O2S/c1-2-3-9-11(20-17-16-9)12-14-8-5-4-7(13(18)19)6-10(8)15-12/h4-6H,2-3H2,1H3,(H,14,15)(H,18,19). The Morgan fingerprint density at radius 3 is 3.05 bits per heavy atom. The second-order valence-electron chi connectivity index (χ2n) is 4.42. The van der Waals surface area contributed by atoms with Crippen LogP contribution in [0.4, 0.5) is 0 Å². The number of aromatic amines is 1. The van der Waals surface area contributed by atoms with E-state index >= 15 is 0 Å². The topological polar surface area (TPSA) is 91.8 Å². The molecule has 2 aromatic heterocycles. The zero-order chi connectivity index (χ0) is 14.1. The molecule has 0 aliphatic rings. The summed E-state index contributed by atoms with van der Waals surface area (Å²) in [5.74, 6) is -0.254. The number of benzene rings is 1. The SMILES string of the molecule is CCCc1nnsc1-c1nc2ccc(C(=O)O)cc2[nH]1. The number of imidazole rings is 1. The van der Waals surface area contributed by atoms with E-state index in [1.54, 1.807) is 18.2 Å². The maximum Gasteiger partial charge on any atom is 0.335 e. The third kappa shape index (κ3) is 2.16. The van der Waals surface area contributed by atoms with Crippen LogP contribution in [0, 0.1) is 0 Å². The van der Waals surface area contributed by atoms with Gasteiger partial charge in [0.2, 0.25) is 0 Å². The molecule has 0 saturated heterocycles. The van der Waals surface area contributed by atoms with Gasteiger partial charge in [0.15, 0.2) is 5.82 Å². The first-order chi connectivity index (χ1) is 9.69. The van der Waals surface area contributed by atoms with E-state index in [2.05, 4.69) is 26.5 Å². The van der Waals surface area contributed by atoms with Gasteiger partial charge in [-0.25, -0.2) is 9.78 Å². The zero-order valence-electron chi connectivity index (χ0n) is 10.8. The van der Waals surface area contributed by atoms with Gasteiger partial charge in [-0.3, -0.25) is 0 Å². The molecular weight excluding hydrogens is 276 g/mol. The van der Waals surface area contributed by atoms with E-state index < -0.39 is 5.97 Å². The van der Waals surface area contributed by atoms with E-state index in [-0.39, 0.29) is 5.56 Å². The van der Waals surface area contributed by atoms with Crippen molar-refractivity contribution in [1.29, 1.82) is 0 Å². The summed E-state index contributed by atoms with van der Waals surface area (Å²) in [6.07, 6.45) is 1.84. The first-order valence-electron chi connectivity index (χ1n) is 6.23. The van der Waals surface area contributed by atoms with Gasteiger partial charge in [0.05, 0.1) is 22.3 Å². The number of H-pyrrole nitrogens is 1. The zero-order valence-corrected chi connectivity index (χ0v) is 11.6. The molecule has 0 saturated carbocycles. The molecule has 3 rings (SSSR count). The minimum atomic E-state index is -0.950. The summed E-state index contributed by atoms with van der Waals surface area (Å²) in [7, 11) is 0. The predicted molar refractivity (Wildman–Crippen MR) is 76.0 cm³/mol. The smallest absolute Gasteiger partial charge is 0.335 e. The molecule has 3 aromatic rings. The van der Waals surface area contributed by atoms with Crippen molar-refractivity contribution >= 4 is 28.5 Å². The van der Waals surface area contributed by atoms with Crippen LogP contribution in [-0.4, -0.2) is 30.6 Å². The normalized spacial score (nSPS) is 11.1. The van der Waals surface area contributed by atoms with Gasteiger partial charge in [-0.1, -0.05) is 17.8 Å². The van der Waals surface area contributed by atoms with Crippen molar-refractivity contribution in [2.45, 2.75) is 19.8 Å². The monoisotopic (exact) mass is 288 g/mol. The lowest BCUT2D eigenvalue weighted by Crippen LogP contribution is -1.94. The van der Waals surface area contributed by atoms with Crippen molar-refractivity contribution in [2.24, 2.45) is 0 Å². The van der Waals surface area contributed by atoms with Gasteiger partial charge >= 0.3 is 5.97 Å². The first-order valence-corrected chi connectivity index (χ1v) is 7.01. The predicted octanol–water partition coefficient (Wildman–Crippen LogP) is 2.73. The number of rotatable bonds is 4. The first kappa shape index (κ1) is 12.7. The minimum Gasteiger partial charge on any atom is -0.478 e. The second-order valence-corrected chi connectivity index (χ2v) is 5.18. The molecule has 1 aromatic carbocycles. The highest BCUT2D eigenvalue weighted by molar-refractivity contribution is 7.09. The highest BCUT2D eigenvalue weighted by Crippen LogP contribution is 2.27. The second kappa shape index (κ2) is 5.01. The number of aryl methyl sites for hydroxylation is 1. The molecule has 2 N–H and O–H groups in total. The van der Waals surface area contributed by atoms with Crippen LogP contribution in [0.2, 0.25) is 0 Å². The molecule has 102 valence electrons. The summed E-state index contributed by atoms with van der Waals surface area (Å²) < 4.78 is 3.97. The van der Waals surface area contributed by atoms with Crippen molar-refractivity contribution < 1.29 is 9.90 Å². The van der Waals surface area contributed by atoms with Crippen LogP contribution in [-0.2, 0) is 6.42 Å². The number of fused-ring (bicyclic) bond motifs is 1. The molecule has 0 fully saturated rings. The van der Waals surface area contributed by atoms with Gasteiger partial charge in [-0.15, -0.1) is 5.10 Å². The number of hydrogen-bond donors (Lipinski definition) is 2. The van der Waals surface area contributed by atoms with Gasteiger partial charge in [0.1, 0.15) is 4.88 Å². The number of hydrogen-bond acceptors (Lipinski definition) is 5. The van der Waals surface area contributed by atoms with Crippen molar-refractivity contribution in [3.05, 3.63) is 29.5 Å². The average molecular weight is 288 g/mol. The largest absolute Gasteiger partial charge is 0.478 e. The molecule has 0 unspecified atom stereocenters. The number of aromatic carboxylic acids is 1. The molecule has 7 heteroatoms. The third-order valence-corrected chi connectivity index (χ3v) is 3.76. The maximum atomic E-state index is 11.0. The van der Waals surface area contributed by atoms with E-state index in [4.69, 9.17) is 5.11 Å². The van der Waals surface area contributed by atoms with Crippen molar-refractivity contribution in [1.82, 2.24) is 19.6 Å². The summed E-state index contributed by atoms with van der Waals surface area (Å²) in [5, 5.41) is 13.1. The van der Waals surface area contributed by atoms with Gasteiger partial charge < -0.3 is 10.1 Å². The lowest BCUT2D eigenvalue weighted by atomic mass is 10.2. The molecule has 20 heavy (non-hydrogen) atoms. The molecule has 0 spiro atoms. The number of nitrogens with zero attached hydrogens (tertiary/aromatic N) is 3. The molecule has 0 atom stereocenters. The Bertz CT molecular complexity index is 778. The van der Waals surface area contributed by atoms with Gasteiger partial charge in [0, 0.05) is 0 Å². The molecule has 0 aliphatic heterocycles. The molecule has 6 nitrogen and oxygen atoms in total. The fourth-order valence-electron chi connectivity index (χ4n) is 2.04. The van der Waals surface area contributed by atoms with Crippen molar-refractivity contribution in [3.8, 4) is 10.7 Å². The molecule has 0 bridgehead atoms. The number of carbonyl (C=O) groups is 1. The molecular formula is C13H12N4O2S. The fraction of sp³-hybridized carbons (Fsp3) is 0.231. The Labute approximate surface area is 118 Å². The number of aromatic nitrogens is 4. The van der Waals surface area contributed by atoms with E-state index in [1.165, 1.54) is 11.5 Å². The molecule has 2 heterocycles. The number of carboxylic acids is 1. The Balaban J connectivity index is 2.08. The lowest BCUT2D eigenvalue weighted by molar-refractivity contribution is 0.0697. The highest BCUT2D eigenvalue weighted by atomic mass is 32.1. The summed E-state index contributed by atoms with van der Waals surface area (Å²) in [6, 6.07) is 4.84. The maximum absolute atomic E-state index is 11.0. The number of nitrogens with one attached hydrogen (secondary N) is 1. The van der Waals surface area contributed by atoms with Crippen molar-refractivity contribution in [2.75, 3.05) is 0 Å². The molecule has 0 radical (unpaired) electrons. The van der Waals surface area contributed by atoms with Crippen LogP contribution in [0.15, 0.2) is 18.2 Å². The Hall–Kier alpha value is -2.28. The van der Waals surface area contributed by atoms with E-state index in [0.29, 0.717) is 11.3 Å². The Morgan fingerprint density at radius 2 is 2.30 bits per heavy atom. The van der Waals surface area contributed by atoms with Gasteiger partial charge in [0.25, 0.3) is 0 Å². The van der Waals surface area contributed by atoms with E-state index in [1.807, 2.05) is 0 Å². The van der Waals surface area contributed by atoms with Crippen LogP contribution in [0.1, 0.15) is 29.4 Å². The van der Waals surface area contributed by atoms with E-state index in [9.17, 15) is 4.79 Å². The van der Waals surface area contributed by atoms with Crippen LogP contribution < -0.4 is 0 Å². The van der Waals surface area contributed by atoms with Crippen LogP contribution in [0.3, 0.4) is 0 Å². The minimum absolute atomic E-state index is 0.240. The summed E-state index contributed by atoms with van der Waals surface area (Å²) in [5.41, 5.74) is 2.61. The van der Waals surface area contributed by atoms with Crippen LogP contribution >= 0.6 is 11.5 Å². The van der Waals surface area contributed by atoms with Crippen molar-refractivity contribution in [3.63, 3.8) is 0 Å². The summed E-state index contributed by atoms with van der Waals surface area (Å²) in [4.78, 5) is 19.5. The van der Waals surface area contributed by atoms with E-state index in [0.717, 1.165) is 28.9 Å². The third-order valence-electron chi connectivity index (χ3n) is 2.99.